The molecule has 0 aromatic rings. The summed E-state index contributed by atoms with van der Waals surface area (Å²) in [6.45, 7) is 3.59. The lowest BCUT2D eigenvalue weighted by molar-refractivity contribution is -0.144. The van der Waals surface area contributed by atoms with E-state index in [2.05, 4.69) is 4.74 Å². The zero-order valence-corrected chi connectivity index (χ0v) is 8.38. The molecule has 0 spiro atoms. The molecule has 5 nitrogen and oxygen atoms in total. The molecule has 0 aliphatic carbocycles. The normalized spacial score (nSPS) is 10.2. The van der Waals surface area contributed by atoms with Crippen LogP contribution in [0.5, 0.6) is 0 Å². The van der Waals surface area contributed by atoms with Crippen LogP contribution >= 0.6 is 0 Å². The molecule has 0 unspecified atom stereocenters. The van der Waals surface area contributed by atoms with Crippen LogP contribution < -0.4 is 0 Å². The lowest BCUT2D eigenvalue weighted by Crippen LogP contribution is -2.07. The highest BCUT2D eigenvalue weighted by molar-refractivity contribution is 7.85. The van der Waals surface area contributed by atoms with Gasteiger partial charge in [-0.2, -0.15) is 8.42 Å². The van der Waals surface area contributed by atoms with Crippen molar-refractivity contribution in [2.45, 2.75) is 13.8 Å². The van der Waals surface area contributed by atoms with Crippen LogP contribution in [0.2, 0.25) is 0 Å². The standard InChI is InChI=1S/C5H10O2.CH4O3S/c1-4(2)5(6)7-3;1-5(2,3)4/h4H,1-3H3;1H3,(H,2,3,4). The molecule has 0 aromatic carbocycles. The molecule has 74 valence electrons. The van der Waals surface area contributed by atoms with Crippen LogP contribution in [-0.2, 0) is 19.6 Å². The third-order valence-corrected chi connectivity index (χ3v) is 0.673. The lowest BCUT2D eigenvalue weighted by atomic mass is 10.2. The first-order valence-electron chi connectivity index (χ1n) is 3.18. The molecule has 0 saturated carbocycles. The molecule has 0 aromatic heterocycles. The van der Waals surface area contributed by atoms with E-state index < -0.39 is 10.1 Å². The van der Waals surface area contributed by atoms with E-state index in [9.17, 15) is 13.2 Å². The average Bonchev–Trinajstić information content (AvgIpc) is 1.82. The van der Waals surface area contributed by atoms with Crippen molar-refractivity contribution in [2.75, 3.05) is 13.4 Å². The predicted molar refractivity (Wildman–Crippen MR) is 44.3 cm³/mol. The Morgan fingerprint density at radius 1 is 1.42 bits per heavy atom. The van der Waals surface area contributed by atoms with E-state index >= 15 is 0 Å². The van der Waals surface area contributed by atoms with Gasteiger partial charge in [0.2, 0.25) is 0 Å². The van der Waals surface area contributed by atoms with Gasteiger partial charge in [0.15, 0.2) is 0 Å². The zero-order valence-electron chi connectivity index (χ0n) is 7.57. The Hall–Kier alpha value is -0.620. The Morgan fingerprint density at radius 3 is 1.67 bits per heavy atom. The first-order valence-corrected chi connectivity index (χ1v) is 5.03. The maximum absolute atomic E-state index is 10.3. The first kappa shape index (κ1) is 13.9. The number of carbonyl (C=O) groups excluding carboxylic acids is 1. The first-order chi connectivity index (χ1) is 5.18. The van der Waals surface area contributed by atoms with Gasteiger partial charge in [-0.05, 0) is 0 Å². The fraction of sp³-hybridized carbons (Fsp3) is 0.833. The van der Waals surface area contributed by atoms with Crippen LogP contribution in [0.4, 0.5) is 0 Å². The quantitative estimate of drug-likeness (QED) is 0.484. The summed E-state index contributed by atoms with van der Waals surface area (Å²) in [6, 6.07) is 0. The maximum Gasteiger partial charge on any atom is 0.308 e. The molecule has 0 heterocycles. The van der Waals surface area contributed by atoms with Gasteiger partial charge >= 0.3 is 5.97 Å². The summed E-state index contributed by atoms with van der Waals surface area (Å²) in [5.74, 6) is -0.148. The van der Waals surface area contributed by atoms with Crippen molar-refractivity contribution in [3.8, 4) is 0 Å². The van der Waals surface area contributed by atoms with Crippen molar-refractivity contribution in [1.82, 2.24) is 0 Å². The number of rotatable bonds is 1. The van der Waals surface area contributed by atoms with Crippen LogP contribution in [0, 0.1) is 5.92 Å². The molecule has 0 radical (unpaired) electrons. The highest BCUT2D eigenvalue weighted by Crippen LogP contribution is 1.91. The van der Waals surface area contributed by atoms with Gasteiger partial charge in [0, 0.05) is 0 Å². The van der Waals surface area contributed by atoms with E-state index in [1.807, 2.05) is 0 Å². The second-order valence-electron chi connectivity index (χ2n) is 2.41. The zero-order chi connectivity index (χ0) is 10.4. The van der Waals surface area contributed by atoms with Crippen molar-refractivity contribution < 1.29 is 22.5 Å². The number of hydrogen-bond donors (Lipinski definition) is 1. The van der Waals surface area contributed by atoms with Gasteiger partial charge in [-0.3, -0.25) is 9.35 Å². The Morgan fingerprint density at radius 2 is 1.67 bits per heavy atom. The predicted octanol–water partition coefficient (Wildman–Crippen LogP) is 0.319. The fourth-order valence-corrected chi connectivity index (χ4v) is 0.236. The minimum atomic E-state index is -3.67. The SMILES string of the molecule is COC(=O)C(C)C.CS(=O)(=O)O. The van der Waals surface area contributed by atoms with E-state index in [0.717, 1.165) is 0 Å². The van der Waals surface area contributed by atoms with Gasteiger partial charge < -0.3 is 4.74 Å². The van der Waals surface area contributed by atoms with E-state index in [1.165, 1.54) is 7.11 Å². The lowest BCUT2D eigenvalue weighted by Gasteiger charge is -1.97. The topological polar surface area (TPSA) is 80.7 Å². The third kappa shape index (κ3) is 22.8. The van der Waals surface area contributed by atoms with E-state index in [4.69, 9.17) is 4.55 Å². The average molecular weight is 198 g/mol. The molecular weight excluding hydrogens is 184 g/mol. The minimum Gasteiger partial charge on any atom is -0.469 e. The number of methoxy groups -OCH3 is 1. The molecule has 0 atom stereocenters. The van der Waals surface area contributed by atoms with Crippen molar-refractivity contribution in [3.63, 3.8) is 0 Å². The summed E-state index contributed by atoms with van der Waals surface area (Å²) in [4.78, 5) is 10.3. The molecule has 0 rings (SSSR count). The monoisotopic (exact) mass is 198 g/mol. The summed E-state index contributed by atoms with van der Waals surface area (Å²) >= 11 is 0. The van der Waals surface area contributed by atoms with Gasteiger partial charge in [-0.25, -0.2) is 0 Å². The van der Waals surface area contributed by atoms with Crippen LogP contribution in [0.25, 0.3) is 0 Å². The summed E-state index contributed by atoms with van der Waals surface area (Å²) in [5, 5.41) is 0. The molecule has 0 amide bonds. The number of esters is 1. The number of ether oxygens (including phenoxy) is 1. The van der Waals surface area contributed by atoms with Gasteiger partial charge in [-0.15, -0.1) is 0 Å². The minimum absolute atomic E-state index is 0.00463. The molecule has 6 heteroatoms. The molecule has 0 aliphatic rings. The van der Waals surface area contributed by atoms with Crippen LogP contribution in [-0.4, -0.2) is 32.3 Å². The number of carbonyl (C=O) groups is 1. The molecule has 1 N–H and O–H groups in total. The summed E-state index contributed by atoms with van der Waals surface area (Å²) < 4.78 is 30.2. The van der Waals surface area contributed by atoms with Crippen molar-refractivity contribution in [3.05, 3.63) is 0 Å². The largest absolute Gasteiger partial charge is 0.469 e. The molecule has 0 saturated heterocycles. The molecular formula is C6H14O5S. The molecule has 0 bridgehead atoms. The van der Waals surface area contributed by atoms with E-state index in [0.29, 0.717) is 6.26 Å². The molecule has 0 fully saturated rings. The van der Waals surface area contributed by atoms with Crippen molar-refractivity contribution >= 4 is 16.1 Å². The molecule has 12 heavy (non-hydrogen) atoms. The van der Waals surface area contributed by atoms with E-state index in [1.54, 1.807) is 13.8 Å². The summed E-state index contributed by atoms with van der Waals surface area (Å²) in [5.41, 5.74) is 0. The fourth-order valence-electron chi connectivity index (χ4n) is 0.236. The van der Waals surface area contributed by atoms with Crippen LogP contribution in [0.15, 0.2) is 0 Å². The Kier molecular flexibility index (Phi) is 6.92. The Balaban J connectivity index is 0. The van der Waals surface area contributed by atoms with Gasteiger partial charge in [0.1, 0.15) is 0 Å². The summed E-state index contributed by atoms with van der Waals surface area (Å²) in [7, 11) is -2.28. The van der Waals surface area contributed by atoms with Crippen molar-refractivity contribution in [2.24, 2.45) is 5.92 Å². The maximum atomic E-state index is 10.3. The van der Waals surface area contributed by atoms with E-state index in [-0.39, 0.29) is 11.9 Å². The highest BCUT2D eigenvalue weighted by Gasteiger charge is 2.03. The summed E-state index contributed by atoms with van der Waals surface area (Å²) in [6.07, 6.45) is 0.715. The molecule has 0 aliphatic heterocycles. The second-order valence-corrected chi connectivity index (χ2v) is 3.88. The van der Waals surface area contributed by atoms with Gasteiger partial charge in [-0.1, -0.05) is 13.8 Å². The number of hydrogen-bond acceptors (Lipinski definition) is 4. The van der Waals surface area contributed by atoms with Gasteiger partial charge in [0.05, 0.1) is 19.3 Å². The van der Waals surface area contributed by atoms with Crippen LogP contribution in [0.1, 0.15) is 13.8 Å². The van der Waals surface area contributed by atoms with Crippen molar-refractivity contribution in [1.29, 1.82) is 0 Å². The third-order valence-electron chi connectivity index (χ3n) is 0.673. The smallest absolute Gasteiger partial charge is 0.308 e. The second kappa shape index (κ2) is 5.96. The Labute approximate surface area is 72.5 Å². The van der Waals surface area contributed by atoms with Gasteiger partial charge in [0.25, 0.3) is 10.1 Å². The Bertz CT molecular complexity index is 208. The van der Waals surface area contributed by atoms with Crippen LogP contribution in [0.3, 0.4) is 0 Å². The highest BCUT2D eigenvalue weighted by atomic mass is 32.2.